The lowest BCUT2D eigenvalue weighted by atomic mass is 9.97. The van der Waals surface area contributed by atoms with E-state index >= 15 is 0 Å². The van der Waals surface area contributed by atoms with Crippen molar-refractivity contribution in [2.24, 2.45) is 0 Å². The molecule has 1 aliphatic rings. The molecule has 0 aromatic heterocycles. The lowest BCUT2D eigenvalue weighted by Gasteiger charge is -2.28. The Kier molecular flexibility index (Phi) is 3.87. The summed E-state index contributed by atoms with van der Waals surface area (Å²) in [5, 5.41) is 0. The number of hydrogen-bond donors (Lipinski definition) is 0. The summed E-state index contributed by atoms with van der Waals surface area (Å²) in [4.78, 5) is 0. The second-order valence-electron chi connectivity index (χ2n) is 2.80. The molecule has 2 heteroatoms. The highest BCUT2D eigenvalue weighted by Gasteiger charge is 2.22. The van der Waals surface area contributed by atoms with E-state index in [-0.39, 0.29) is 6.10 Å². The average Bonchev–Trinajstić information content (AvgIpc) is 2.09. The van der Waals surface area contributed by atoms with E-state index < -0.39 is 0 Å². The predicted octanol–water partition coefficient (Wildman–Crippen LogP) is 1.80. The molecule has 1 radical (unpaired) electrons. The summed E-state index contributed by atoms with van der Waals surface area (Å²) >= 11 is 0. The molecule has 65 valence electrons. The molecule has 11 heavy (non-hydrogen) atoms. The van der Waals surface area contributed by atoms with E-state index in [4.69, 9.17) is 9.47 Å². The summed E-state index contributed by atoms with van der Waals surface area (Å²) in [6, 6.07) is 0. The topological polar surface area (TPSA) is 18.5 Å². The van der Waals surface area contributed by atoms with Crippen LogP contribution in [-0.4, -0.2) is 25.9 Å². The second kappa shape index (κ2) is 4.73. The molecule has 0 N–H and O–H groups in total. The molecule has 1 unspecified atom stereocenters. The second-order valence-corrected chi connectivity index (χ2v) is 2.80. The lowest BCUT2D eigenvalue weighted by Crippen LogP contribution is -2.33. The van der Waals surface area contributed by atoms with Crippen LogP contribution in [0, 0.1) is 5.92 Å². The van der Waals surface area contributed by atoms with E-state index in [1.165, 1.54) is 5.92 Å². The molecule has 0 aromatic rings. The van der Waals surface area contributed by atoms with Crippen LogP contribution in [0.3, 0.4) is 0 Å². The Labute approximate surface area is 68.9 Å². The molecular formula is C9H17O2. The van der Waals surface area contributed by atoms with Gasteiger partial charge >= 0.3 is 0 Å². The summed E-state index contributed by atoms with van der Waals surface area (Å²) in [6.07, 6.45) is 2.51. The van der Waals surface area contributed by atoms with Crippen molar-refractivity contribution in [1.29, 1.82) is 0 Å². The maximum absolute atomic E-state index is 5.56. The van der Waals surface area contributed by atoms with Gasteiger partial charge in [-0.3, -0.25) is 0 Å². The molecule has 2 nitrogen and oxygen atoms in total. The summed E-state index contributed by atoms with van der Waals surface area (Å²) in [5.41, 5.74) is 0. The highest BCUT2D eigenvalue weighted by molar-refractivity contribution is 4.96. The first-order valence-corrected chi connectivity index (χ1v) is 4.42. The fourth-order valence-corrected chi connectivity index (χ4v) is 1.43. The van der Waals surface area contributed by atoms with E-state index in [2.05, 4.69) is 13.8 Å². The fraction of sp³-hybridized carbons (Fsp3) is 0.889. The normalized spacial score (nSPS) is 25.9. The maximum atomic E-state index is 5.56. The van der Waals surface area contributed by atoms with Crippen molar-refractivity contribution in [3.8, 4) is 0 Å². The number of rotatable bonds is 3. The zero-order valence-corrected chi connectivity index (χ0v) is 7.43. The smallest absolute Gasteiger partial charge is 0.0871 e. The van der Waals surface area contributed by atoms with Crippen LogP contribution in [0.1, 0.15) is 26.7 Å². The third kappa shape index (κ3) is 2.46. The van der Waals surface area contributed by atoms with Crippen LogP contribution >= 0.6 is 0 Å². The molecule has 0 bridgehead atoms. The molecule has 1 rings (SSSR count). The largest absolute Gasteiger partial charge is 0.376 e. The van der Waals surface area contributed by atoms with Gasteiger partial charge in [-0.2, -0.15) is 0 Å². The Morgan fingerprint density at radius 3 is 2.45 bits per heavy atom. The van der Waals surface area contributed by atoms with E-state index in [9.17, 15) is 0 Å². The minimum Gasteiger partial charge on any atom is -0.376 e. The highest BCUT2D eigenvalue weighted by Crippen LogP contribution is 2.20. The molecule has 1 saturated heterocycles. The summed E-state index contributed by atoms with van der Waals surface area (Å²) in [7, 11) is 0. The Bertz CT molecular complexity index is 93.7. The van der Waals surface area contributed by atoms with Gasteiger partial charge in [0.05, 0.1) is 25.9 Å². The minimum absolute atomic E-state index is 0.277. The van der Waals surface area contributed by atoms with Crippen LogP contribution in [-0.2, 0) is 9.47 Å². The molecule has 1 atom stereocenters. The molecule has 0 spiro atoms. The summed E-state index contributed by atoms with van der Waals surface area (Å²) < 4.78 is 10.9. The van der Waals surface area contributed by atoms with Gasteiger partial charge in [0.15, 0.2) is 0 Å². The molecule has 0 amide bonds. The van der Waals surface area contributed by atoms with Crippen molar-refractivity contribution in [3.05, 3.63) is 5.92 Å². The zero-order valence-electron chi connectivity index (χ0n) is 7.43. The molecule has 0 aliphatic carbocycles. The lowest BCUT2D eigenvalue weighted by molar-refractivity contribution is -0.0832. The van der Waals surface area contributed by atoms with Crippen LogP contribution in [0.5, 0.6) is 0 Å². The van der Waals surface area contributed by atoms with Crippen molar-refractivity contribution in [3.63, 3.8) is 0 Å². The Morgan fingerprint density at radius 2 is 2.00 bits per heavy atom. The quantitative estimate of drug-likeness (QED) is 0.622. The first kappa shape index (κ1) is 9.01. The van der Waals surface area contributed by atoms with Gasteiger partial charge in [-0.1, -0.05) is 13.8 Å². The van der Waals surface area contributed by atoms with E-state index in [0.29, 0.717) is 0 Å². The van der Waals surface area contributed by atoms with Gasteiger partial charge in [0.1, 0.15) is 0 Å². The molecule has 1 aliphatic heterocycles. The SMILES string of the molecule is CC[C](CC)C1COCCO1. The van der Waals surface area contributed by atoms with Crippen LogP contribution in [0.2, 0.25) is 0 Å². The van der Waals surface area contributed by atoms with E-state index in [1.807, 2.05) is 0 Å². The monoisotopic (exact) mass is 157 g/mol. The van der Waals surface area contributed by atoms with Crippen LogP contribution in [0.4, 0.5) is 0 Å². The van der Waals surface area contributed by atoms with Gasteiger partial charge in [-0.05, 0) is 12.8 Å². The number of ether oxygens (including phenoxy) is 2. The zero-order chi connectivity index (χ0) is 8.10. The van der Waals surface area contributed by atoms with Crippen LogP contribution in [0.25, 0.3) is 0 Å². The van der Waals surface area contributed by atoms with E-state index in [0.717, 1.165) is 32.7 Å². The van der Waals surface area contributed by atoms with Crippen molar-refractivity contribution in [2.45, 2.75) is 32.8 Å². The number of hydrogen-bond acceptors (Lipinski definition) is 2. The van der Waals surface area contributed by atoms with Gasteiger partial charge < -0.3 is 9.47 Å². The van der Waals surface area contributed by atoms with Crippen molar-refractivity contribution < 1.29 is 9.47 Å². The Hall–Kier alpha value is -0.0800. The first-order valence-electron chi connectivity index (χ1n) is 4.42. The molecule has 1 heterocycles. The Balaban J connectivity index is 2.30. The maximum Gasteiger partial charge on any atom is 0.0871 e. The van der Waals surface area contributed by atoms with Gasteiger partial charge in [-0.15, -0.1) is 0 Å². The third-order valence-corrected chi connectivity index (χ3v) is 2.18. The van der Waals surface area contributed by atoms with Crippen LogP contribution in [0.15, 0.2) is 0 Å². The van der Waals surface area contributed by atoms with Gasteiger partial charge in [0.2, 0.25) is 0 Å². The fourth-order valence-electron chi connectivity index (χ4n) is 1.43. The summed E-state index contributed by atoms with van der Waals surface area (Å²) in [6.45, 7) is 6.63. The van der Waals surface area contributed by atoms with Crippen LogP contribution < -0.4 is 0 Å². The summed E-state index contributed by atoms with van der Waals surface area (Å²) in [5.74, 6) is 1.48. The first-order chi connectivity index (χ1) is 5.38. The predicted molar refractivity (Wildman–Crippen MR) is 44.4 cm³/mol. The third-order valence-electron chi connectivity index (χ3n) is 2.18. The Morgan fingerprint density at radius 1 is 1.27 bits per heavy atom. The molecule has 0 aromatic carbocycles. The van der Waals surface area contributed by atoms with Gasteiger partial charge in [0.25, 0.3) is 0 Å². The van der Waals surface area contributed by atoms with Crippen molar-refractivity contribution in [2.75, 3.05) is 19.8 Å². The molecule has 1 fully saturated rings. The van der Waals surface area contributed by atoms with E-state index in [1.54, 1.807) is 0 Å². The van der Waals surface area contributed by atoms with Gasteiger partial charge in [-0.25, -0.2) is 0 Å². The average molecular weight is 157 g/mol. The highest BCUT2D eigenvalue weighted by atomic mass is 16.6. The standard InChI is InChI=1S/C9H17O2/c1-3-8(4-2)9-7-10-5-6-11-9/h9H,3-7H2,1-2H3. The van der Waals surface area contributed by atoms with Gasteiger partial charge in [0, 0.05) is 5.92 Å². The van der Waals surface area contributed by atoms with Crippen molar-refractivity contribution in [1.82, 2.24) is 0 Å². The van der Waals surface area contributed by atoms with Crippen molar-refractivity contribution >= 4 is 0 Å². The molecule has 0 saturated carbocycles. The molecular weight excluding hydrogens is 140 g/mol. The minimum atomic E-state index is 0.277.